The lowest BCUT2D eigenvalue weighted by molar-refractivity contribution is 0.198. The Morgan fingerprint density at radius 1 is 1.17 bits per heavy atom. The number of hydrogen-bond acceptors (Lipinski definition) is 5. The number of halogens is 1. The van der Waals surface area contributed by atoms with Gasteiger partial charge in [-0.05, 0) is 44.0 Å². The molecule has 158 valence electrons. The number of rotatable bonds is 5. The summed E-state index contributed by atoms with van der Waals surface area (Å²) < 4.78 is 15.4. The number of benzene rings is 1. The van der Waals surface area contributed by atoms with Crippen molar-refractivity contribution in [3.05, 3.63) is 59.4 Å². The molecule has 4 rings (SSSR count). The van der Waals surface area contributed by atoms with E-state index in [1.54, 1.807) is 0 Å². The quantitative estimate of drug-likeness (QED) is 0.643. The van der Waals surface area contributed by atoms with Crippen molar-refractivity contribution in [2.45, 2.75) is 32.2 Å². The van der Waals surface area contributed by atoms with E-state index < -0.39 is 0 Å². The summed E-state index contributed by atoms with van der Waals surface area (Å²) in [5.41, 5.74) is 5.48. The molecule has 3 aromatic rings. The first kappa shape index (κ1) is 20.5. The molecule has 6 nitrogen and oxygen atoms in total. The molecule has 0 radical (unpaired) electrons. The van der Waals surface area contributed by atoms with Crippen LogP contribution in [-0.4, -0.2) is 51.8 Å². The van der Waals surface area contributed by atoms with Crippen LogP contribution in [0.1, 0.15) is 35.7 Å². The molecular weight excluding hydrogens is 379 g/mol. The molecule has 0 spiro atoms. The second-order valence-corrected chi connectivity index (χ2v) is 8.32. The van der Waals surface area contributed by atoms with E-state index in [0.717, 1.165) is 49.3 Å². The molecule has 2 aromatic heterocycles. The van der Waals surface area contributed by atoms with Crippen LogP contribution in [-0.2, 0) is 13.6 Å². The molecule has 1 aromatic carbocycles. The van der Waals surface area contributed by atoms with E-state index in [1.807, 2.05) is 55.3 Å². The molecule has 1 atom stereocenters. The van der Waals surface area contributed by atoms with Crippen LogP contribution in [0.15, 0.2) is 36.7 Å². The van der Waals surface area contributed by atoms with Crippen molar-refractivity contribution < 1.29 is 4.39 Å². The zero-order valence-corrected chi connectivity index (χ0v) is 18.1. The van der Waals surface area contributed by atoms with Gasteiger partial charge in [-0.15, -0.1) is 0 Å². The Hall–Kier alpha value is -2.80. The van der Waals surface area contributed by atoms with Gasteiger partial charge in [-0.2, -0.15) is 5.10 Å². The number of anilines is 1. The predicted octanol–water partition coefficient (Wildman–Crippen LogP) is 3.77. The number of aromatic nitrogens is 4. The fraction of sp³-hybridized carbons (Fsp3) is 0.435. The Bertz CT molecular complexity index is 1010. The molecule has 1 aliphatic heterocycles. The van der Waals surface area contributed by atoms with Crippen LogP contribution in [0.25, 0.3) is 11.1 Å². The highest BCUT2D eigenvalue weighted by Gasteiger charge is 2.26. The van der Waals surface area contributed by atoms with Gasteiger partial charge in [0.1, 0.15) is 5.82 Å². The molecule has 1 fully saturated rings. The van der Waals surface area contributed by atoms with Crippen molar-refractivity contribution in [2.75, 3.05) is 32.1 Å². The van der Waals surface area contributed by atoms with Gasteiger partial charge in [-0.3, -0.25) is 9.58 Å². The largest absolute Gasteiger partial charge is 0.347 e. The predicted molar refractivity (Wildman–Crippen MR) is 117 cm³/mol. The molecule has 0 saturated carbocycles. The van der Waals surface area contributed by atoms with Gasteiger partial charge in [0.25, 0.3) is 0 Å². The number of likely N-dealkylation sites (tertiary alicyclic amines) is 1. The fourth-order valence-electron chi connectivity index (χ4n) is 4.13. The van der Waals surface area contributed by atoms with Gasteiger partial charge in [0.15, 0.2) is 0 Å². The molecular formula is C23H29FN6. The maximum absolute atomic E-state index is 13.5. The Morgan fingerprint density at radius 2 is 1.93 bits per heavy atom. The van der Waals surface area contributed by atoms with Gasteiger partial charge in [0, 0.05) is 63.2 Å². The van der Waals surface area contributed by atoms with Crippen molar-refractivity contribution in [2.24, 2.45) is 7.05 Å². The van der Waals surface area contributed by atoms with Crippen LogP contribution in [0.4, 0.5) is 10.3 Å². The summed E-state index contributed by atoms with van der Waals surface area (Å²) in [6.07, 6.45) is 6.06. The second-order valence-electron chi connectivity index (χ2n) is 8.32. The van der Waals surface area contributed by atoms with Crippen LogP contribution >= 0.6 is 0 Å². The third-order valence-electron chi connectivity index (χ3n) is 5.98. The van der Waals surface area contributed by atoms with E-state index in [0.29, 0.717) is 11.9 Å². The summed E-state index contributed by atoms with van der Waals surface area (Å²) in [4.78, 5) is 13.9. The van der Waals surface area contributed by atoms with E-state index in [4.69, 9.17) is 4.98 Å². The number of hydrogen-bond donors (Lipinski definition) is 0. The van der Waals surface area contributed by atoms with Gasteiger partial charge >= 0.3 is 0 Å². The third-order valence-corrected chi connectivity index (χ3v) is 5.98. The summed E-state index contributed by atoms with van der Waals surface area (Å²) in [5.74, 6) is 0.774. The van der Waals surface area contributed by atoms with E-state index >= 15 is 0 Å². The summed E-state index contributed by atoms with van der Waals surface area (Å²) in [6, 6.07) is 6.62. The topological polar surface area (TPSA) is 50.1 Å². The minimum absolute atomic E-state index is 0.234. The molecule has 3 heterocycles. The molecule has 1 saturated heterocycles. The SMILES string of the molecule is Cc1c(CN2CCC[C@H](c3nc(N(C)C)ncc3-c3ccc(F)cc3)C2)cnn1C. The summed E-state index contributed by atoms with van der Waals surface area (Å²) in [6.45, 7) is 5.02. The van der Waals surface area contributed by atoms with Crippen molar-refractivity contribution in [3.63, 3.8) is 0 Å². The Morgan fingerprint density at radius 3 is 2.60 bits per heavy atom. The number of aryl methyl sites for hydroxylation is 1. The Kier molecular flexibility index (Phi) is 5.81. The summed E-state index contributed by atoms with van der Waals surface area (Å²) in [5, 5.41) is 4.38. The smallest absolute Gasteiger partial charge is 0.225 e. The van der Waals surface area contributed by atoms with Crippen molar-refractivity contribution in [1.82, 2.24) is 24.6 Å². The van der Waals surface area contributed by atoms with Crippen LogP contribution < -0.4 is 4.90 Å². The standard InChI is InChI=1S/C23H29FN6/c1-16-19(12-26-29(16)4)15-30-11-5-6-18(14-30)22-21(13-25-23(27-22)28(2)3)17-7-9-20(24)10-8-17/h7-10,12-13,18H,5-6,11,14-15H2,1-4H3/t18-/m0/s1. The van der Waals surface area contributed by atoms with Gasteiger partial charge in [-0.25, -0.2) is 14.4 Å². The molecule has 7 heteroatoms. The summed E-state index contributed by atoms with van der Waals surface area (Å²) in [7, 11) is 5.89. The average Bonchev–Trinajstić information content (AvgIpc) is 3.06. The Labute approximate surface area is 177 Å². The molecule has 0 unspecified atom stereocenters. The first-order valence-corrected chi connectivity index (χ1v) is 10.4. The van der Waals surface area contributed by atoms with E-state index in [-0.39, 0.29) is 5.82 Å². The van der Waals surface area contributed by atoms with Crippen LogP contribution in [0.5, 0.6) is 0 Å². The lowest BCUT2D eigenvalue weighted by Gasteiger charge is -2.33. The number of piperidine rings is 1. The highest BCUT2D eigenvalue weighted by molar-refractivity contribution is 5.66. The van der Waals surface area contributed by atoms with Crippen molar-refractivity contribution in [1.29, 1.82) is 0 Å². The maximum atomic E-state index is 13.5. The van der Waals surface area contributed by atoms with Gasteiger partial charge in [0.05, 0.1) is 11.9 Å². The van der Waals surface area contributed by atoms with Crippen molar-refractivity contribution >= 4 is 5.95 Å². The normalized spacial score (nSPS) is 17.3. The lowest BCUT2D eigenvalue weighted by atomic mass is 9.89. The lowest BCUT2D eigenvalue weighted by Crippen LogP contribution is -2.34. The van der Waals surface area contributed by atoms with Crippen LogP contribution in [0.2, 0.25) is 0 Å². The van der Waals surface area contributed by atoms with E-state index in [2.05, 4.69) is 21.9 Å². The molecule has 30 heavy (non-hydrogen) atoms. The van der Waals surface area contributed by atoms with Gasteiger partial charge in [0.2, 0.25) is 5.95 Å². The average molecular weight is 409 g/mol. The van der Waals surface area contributed by atoms with Crippen LogP contribution in [0, 0.1) is 12.7 Å². The van der Waals surface area contributed by atoms with E-state index in [1.165, 1.54) is 23.4 Å². The zero-order chi connectivity index (χ0) is 21.3. The molecule has 0 aliphatic carbocycles. The third kappa shape index (κ3) is 4.21. The Balaban J connectivity index is 1.64. The monoisotopic (exact) mass is 408 g/mol. The van der Waals surface area contributed by atoms with Gasteiger partial charge in [-0.1, -0.05) is 12.1 Å². The highest BCUT2D eigenvalue weighted by Crippen LogP contribution is 2.34. The van der Waals surface area contributed by atoms with E-state index in [9.17, 15) is 4.39 Å². The molecule has 1 aliphatic rings. The minimum Gasteiger partial charge on any atom is -0.347 e. The maximum Gasteiger partial charge on any atom is 0.225 e. The minimum atomic E-state index is -0.234. The van der Waals surface area contributed by atoms with Crippen molar-refractivity contribution in [3.8, 4) is 11.1 Å². The molecule has 0 amide bonds. The van der Waals surface area contributed by atoms with Crippen LogP contribution in [0.3, 0.4) is 0 Å². The molecule has 0 bridgehead atoms. The highest BCUT2D eigenvalue weighted by atomic mass is 19.1. The molecule has 0 N–H and O–H groups in total. The fourth-order valence-corrected chi connectivity index (χ4v) is 4.13. The second kappa shape index (κ2) is 8.52. The summed E-state index contributed by atoms with van der Waals surface area (Å²) >= 11 is 0. The zero-order valence-electron chi connectivity index (χ0n) is 18.1. The first-order valence-electron chi connectivity index (χ1n) is 10.4. The number of nitrogens with zero attached hydrogens (tertiary/aromatic N) is 6. The van der Waals surface area contributed by atoms with Gasteiger partial charge < -0.3 is 4.90 Å². The first-order chi connectivity index (χ1) is 14.4.